The van der Waals surface area contributed by atoms with Crippen LogP contribution in [0.4, 0.5) is 0 Å². The molecule has 0 unspecified atom stereocenters. The minimum absolute atomic E-state index is 0.0463. The number of aromatic nitrogens is 2. The first-order chi connectivity index (χ1) is 8.68. The number of nitrogens with one attached hydrogen (secondary N) is 1. The molecule has 4 heteroatoms. The van der Waals surface area contributed by atoms with Gasteiger partial charge < -0.3 is 5.32 Å². The first kappa shape index (κ1) is 12.5. The molecule has 1 N–H and O–H groups in total. The van der Waals surface area contributed by atoms with Crippen LogP contribution in [0.25, 0.3) is 5.69 Å². The monoisotopic (exact) mass is 243 g/mol. The molecule has 0 saturated carbocycles. The van der Waals surface area contributed by atoms with Gasteiger partial charge in [0.1, 0.15) is 5.69 Å². The van der Waals surface area contributed by atoms with Gasteiger partial charge in [0.05, 0.1) is 18.4 Å². The molecule has 0 aliphatic heterocycles. The fourth-order valence-corrected chi connectivity index (χ4v) is 1.68. The Bertz CT molecular complexity index is 517. The van der Waals surface area contributed by atoms with Gasteiger partial charge in [-0.25, -0.2) is 4.68 Å². The first-order valence-electron chi connectivity index (χ1n) is 6.04. The van der Waals surface area contributed by atoms with Gasteiger partial charge in [-0.1, -0.05) is 32.0 Å². The van der Waals surface area contributed by atoms with E-state index in [4.69, 9.17) is 0 Å². The van der Waals surface area contributed by atoms with Crippen molar-refractivity contribution in [1.29, 1.82) is 0 Å². The van der Waals surface area contributed by atoms with Crippen LogP contribution in [0.2, 0.25) is 0 Å². The van der Waals surface area contributed by atoms with Crippen molar-refractivity contribution in [2.45, 2.75) is 19.9 Å². The fourth-order valence-electron chi connectivity index (χ4n) is 1.68. The highest BCUT2D eigenvalue weighted by atomic mass is 16.1. The maximum Gasteiger partial charge on any atom is 0.195 e. The summed E-state index contributed by atoms with van der Waals surface area (Å²) in [5.41, 5.74) is 1.50. The van der Waals surface area contributed by atoms with Crippen LogP contribution >= 0.6 is 0 Å². The molecule has 0 aliphatic rings. The van der Waals surface area contributed by atoms with Gasteiger partial charge in [0.15, 0.2) is 5.78 Å². The summed E-state index contributed by atoms with van der Waals surface area (Å²) >= 11 is 0. The van der Waals surface area contributed by atoms with E-state index < -0.39 is 0 Å². The average Bonchev–Trinajstić information content (AvgIpc) is 2.86. The van der Waals surface area contributed by atoms with Gasteiger partial charge in [0.25, 0.3) is 0 Å². The van der Waals surface area contributed by atoms with Crippen molar-refractivity contribution in [2.24, 2.45) is 0 Å². The third-order valence-corrected chi connectivity index (χ3v) is 2.60. The van der Waals surface area contributed by atoms with Crippen LogP contribution in [0.1, 0.15) is 24.3 Å². The Labute approximate surface area is 107 Å². The van der Waals surface area contributed by atoms with E-state index >= 15 is 0 Å². The average molecular weight is 243 g/mol. The highest BCUT2D eigenvalue weighted by molar-refractivity contribution is 5.96. The van der Waals surface area contributed by atoms with Gasteiger partial charge in [0, 0.05) is 6.04 Å². The zero-order valence-electron chi connectivity index (χ0n) is 10.6. The zero-order valence-corrected chi connectivity index (χ0v) is 10.6. The predicted molar refractivity (Wildman–Crippen MR) is 71.0 cm³/mol. The summed E-state index contributed by atoms with van der Waals surface area (Å²) in [6, 6.07) is 11.7. The molecule has 1 heterocycles. The largest absolute Gasteiger partial charge is 0.307 e. The number of ketones is 1. The summed E-state index contributed by atoms with van der Waals surface area (Å²) in [4.78, 5) is 12.1. The van der Waals surface area contributed by atoms with E-state index in [1.807, 2.05) is 44.2 Å². The topological polar surface area (TPSA) is 46.9 Å². The van der Waals surface area contributed by atoms with E-state index in [2.05, 4.69) is 10.4 Å². The number of nitrogens with zero attached hydrogens (tertiary/aromatic N) is 2. The summed E-state index contributed by atoms with van der Waals surface area (Å²) in [6.45, 7) is 4.36. The van der Waals surface area contributed by atoms with Crippen LogP contribution in [-0.4, -0.2) is 28.2 Å². The molecule has 1 aromatic carbocycles. The van der Waals surface area contributed by atoms with Crippen LogP contribution in [0.5, 0.6) is 0 Å². The van der Waals surface area contributed by atoms with Gasteiger partial charge in [-0.15, -0.1) is 0 Å². The van der Waals surface area contributed by atoms with Crippen LogP contribution in [0.3, 0.4) is 0 Å². The van der Waals surface area contributed by atoms with E-state index in [1.54, 1.807) is 16.9 Å². The van der Waals surface area contributed by atoms with Gasteiger partial charge in [-0.05, 0) is 18.2 Å². The molecular formula is C14H17N3O. The summed E-state index contributed by atoms with van der Waals surface area (Å²) < 4.78 is 1.67. The fraction of sp³-hybridized carbons (Fsp3) is 0.286. The van der Waals surface area contributed by atoms with Crippen LogP contribution in [0.15, 0.2) is 42.6 Å². The van der Waals surface area contributed by atoms with Crippen LogP contribution in [-0.2, 0) is 0 Å². The SMILES string of the molecule is CC(C)NCC(=O)c1ccnn1-c1ccccc1. The molecule has 1 aromatic heterocycles. The van der Waals surface area contributed by atoms with Gasteiger partial charge in [0.2, 0.25) is 0 Å². The maximum absolute atomic E-state index is 12.1. The van der Waals surface area contributed by atoms with Crippen LogP contribution < -0.4 is 5.32 Å². The highest BCUT2D eigenvalue weighted by Crippen LogP contribution is 2.10. The molecule has 4 nitrogen and oxygen atoms in total. The lowest BCUT2D eigenvalue weighted by Crippen LogP contribution is -2.30. The Morgan fingerprint density at radius 2 is 2.00 bits per heavy atom. The second-order valence-electron chi connectivity index (χ2n) is 4.42. The zero-order chi connectivity index (χ0) is 13.0. The van der Waals surface area contributed by atoms with Crippen molar-refractivity contribution in [3.63, 3.8) is 0 Å². The minimum atomic E-state index is 0.0463. The van der Waals surface area contributed by atoms with Crippen molar-refractivity contribution >= 4 is 5.78 Å². The number of para-hydroxylation sites is 1. The van der Waals surface area contributed by atoms with Crippen molar-refractivity contribution in [3.05, 3.63) is 48.3 Å². The molecule has 0 aliphatic carbocycles. The first-order valence-corrected chi connectivity index (χ1v) is 6.04. The number of carbonyl (C=O) groups is 1. The number of hydrogen-bond acceptors (Lipinski definition) is 3. The Balaban J connectivity index is 2.20. The van der Waals surface area contributed by atoms with Crippen molar-refractivity contribution in [3.8, 4) is 5.69 Å². The summed E-state index contributed by atoms with van der Waals surface area (Å²) in [7, 11) is 0. The molecule has 0 atom stereocenters. The molecular weight excluding hydrogens is 226 g/mol. The lowest BCUT2D eigenvalue weighted by molar-refractivity contribution is 0.0981. The van der Waals surface area contributed by atoms with Gasteiger partial charge >= 0.3 is 0 Å². The van der Waals surface area contributed by atoms with Crippen molar-refractivity contribution in [1.82, 2.24) is 15.1 Å². The molecule has 18 heavy (non-hydrogen) atoms. The number of Topliss-reactive ketones (excluding diaryl/α,β-unsaturated/α-hetero) is 1. The maximum atomic E-state index is 12.1. The molecule has 0 bridgehead atoms. The smallest absolute Gasteiger partial charge is 0.195 e. The molecule has 0 amide bonds. The summed E-state index contributed by atoms with van der Waals surface area (Å²) in [5.74, 6) is 0.0463. The molecule has 2 rings (SSSR count). The number of benzene rings is 1. The second-order valence-corrected chi connectivity index (χ2v) is 4.42. The van der Waals surface area contributed by atoms with E-state index in [1.165, 1.54) is 0 Å². The van der Waals surface area contributed by atoms with Crippen molar-refractivity contribution in [2.75, 3.05) is 6.54 Å². The summed E-state index contributed by atoms with van der Waals surface area (Å²) in [5, 5.41) is 7.32. The summed E-state index contributed by atoms with van der Waals surface area (Å²) in [6.07, 6.45) is 1.65. The molecule has 0 radical (unpaired) electrons. The van der Waals surface area contributed by atoms with Gasteiger partial charge in [-0.2, -0.15) is 5.10 Å². The Kier molecular flexibility index (Phi) is 3.89. The third-order valence-electron chi connectivity index (χ3n) is 2.60. The molecule has 94 valence electrons. The lowest BCUT2D eigenvalue weighted by atomic mass is 10.2. The Hall–Kier alpha value is -1.94. The van der Waals surface area contributed by atoms with Gasteiger partial charge in [-0.3, -0.25) is 4.79 Å². The Morgan fingerprint density at radius 1 is 1.28 bits per heavy atom. The van der Waals surface area contributed by atoms with Crippen LogP contribution in [0, 0.1) is 0 Å². The van der Waals surface area contributed by atoms with Crippen molar-refractivity contribution < 1.29 is 4.79 Å². The second kappa shape index (κ2) is 5.60. The number of hydrogen-bond donors (Lipinski definition) is 1. The molecule has 0 saturated heterocycles. The lowest BCUT2D eigenvalue weighted by Gasteiger charge is -2.09. The standard InChI is InChI=1S/C14H17N3O/c1-11(2)15-10-14(18)13-8-9-16-17(13)12-6-4-3-5-7-12/h3-9,11,15H,10H2,1-2H3. The molecule has 0 spiro atoms. The predicted octanol–water partition coefficient (Wildman–Crippen LogP) is 2.05. The van der Waals surface area contributed by atoms with E-state index in [9.17, 15) is 4.79 Å². The van der Waals surface area contributed by atoms with E-state index in [0.29, 0.717) is 18.3 Å². The number of carbonyl (C=O) groups excluding carboxylic acids is 1. The normalized spacial score (nSPS) is 10.8. The quantitative estimate of drug-likeness (QED) is 0.818. The third kappa shape index (κ3) is 2.84. The highest BCUT2D eigenvalue weighted by Gasteiger charge is 2.13. The molecule has 2 aromatic rings. The van der Waals surface area contributed by atoms with E-state index in [0.717, 1.165) is 5.69 Å². The number of rotatable bonds is 5. The molecule has 0 fully saturated rings. The Morgan fingerprint density at radius 3 is 2.67 bits per heavy atom. The minimum Gasteiger partial charge on any atom is -0.307 e. The van der Waals surface area contributed by atoms with E-state index in [-0.39, 0.29) is 5.78 Å².